The molecule has 20 heavy (non-hydrogen) atoms. The number of benzene rings is 1. The molecular formula is C16H12N3S+. The fourth-order valence-corrected chi connectivity index (χ4v) is 4.48. The zero-order valence-corrected chi connectivity index (χ0v) is 11.8. The van der Waals surface area contributed by atoms with Crippen molar-refractivity contribution in [2.24, 2.45) is 7.05 Å². The minimum atomic E-state index is 0.968. The number of aromatic nitrogens is 3. The maximum absolute atomic E-state index is 4.58. The molecule has 4 heteroatoms. The third-order valence-electron chi connectivity index (χ3n) is 4.14. The lowest BCUT2D eigenvalue weighted by Crippen LogP contribution is -2.30. The van der Waals surface area contributed by atoms with Gasteiger partial charge in [-0.1, -0.05) is 29.5 Å². The molecule has 1 aromatic carbocycles. The molecule has 4 heterocycles. The highest BCUT2D eigenvalue weighted by atomic mass is 32.1. The Labute approximate surface area is 119 Å². The molecule has 4 aromatic rings. The second kappa shape index (κ2) is 3.46. The van der Waals surface area contributed by atoms with E-state index in [2.05, 4.69) is 51.5 Å². The topological polar surface area (TPSA) is 21.7 Å². The largest absolute Gasteiger partial charge is 0.291 e. The lowest BCUT2D eigenvalue weighted by molar-refractivity contribution is -0.644. The van der Waals surface area contributed by atoms with E-state index < -0.39 is 0 Å². The molecule has 0 amide bonds. The van der Waals surface area contributed by atoms with Crippen LogP contribution in [0.1, 0.15) is 5.56 Å². The van der Waals surface area contributed by atoms with Gasteiger partial charge in [-0.15, -0.1) is 0 Å². The Morgan fingerprint density at radius 3 is 3.05 bits per heavy atom. The van der Waals surface area contributed by atoms with Crippen molar-refractivity contribution < 1.29 is 4.57 Å². The summed E-state index contributed by atoms with van der Waals surface area (Å²) in [4.78, 5) is 5.90. The molecule has 0 unspecified atom stereocenters. The minimum Gasteiger partial charge on any atom is -0.251 e. The van der Waals surface area contributed by atoms with Gasteiger partial charge in [0.05, 0.1) is 17.3 Å². The average Bonchev–Trinajstić information content (AvgIpc) is 3.10. The van der Waals surface area contributed by atoms with E-state index in [-0.39, 0.29) is 0 Å². The summed E-state index contributed by atoms with van der Waals surface area (Å²) in [6, 6.07) is 12.8. The van der Waals surface area contributed by atoms with Crippen LogP contribution in [0, 0.1) is 0 Å². The molecule has 0 bridgehead atoms. The number of nitrogens with zero attached hydrogens (tertiary/aromatic N) is 3. The molecule has 1 aliphatic heterocycles. The Morgan fingerprint density at radius 2 is 2.10 bits per heavy atom. The standard InChI is InChI=1S/C16H12N3S/c1-18-14-13-12(7-4-8-17-13)20-16(14)19-9-10-5-2-3-6-11(10)15(18)19/h2-8H,9H2,1H3/q+1. The van der Waals surface area contributed by atoms with Gasteiger partial charge in [0.1, 0.15) is 12.1 Å². The van der Waals surface area contributed by atoms with Crippen LogP contribution in [0.2, 0.25) is 0 Å². The Hall–Kier alpha value is -2.20. The Bertz CT molecular complexity index is 994. The maximum Gasteiger partial charge on any atom is 0.291 e. The van der Waals surface area contributed by atoms with Crippen molar-refractivity contribution in [2.75, 3.05) is 0 Å². The summed E-state index contributed by atoms with van der Waals surface area (Å²) < 4.78 is 5.98. The van der Waals surface area contributed by atoms with Crippen molar-refractivity contribution in [3.05, 3.63) is 48.2 Å². The van der Waals surface area contributed by atoms with E-state index in [1.807, 2.05) is 23.6 Å². The Balaban J connectivity index is 1.98. The molecule has 0 spiro atoms. The fourth-order valence-electron chi connectivity index (χ4n) is 3.29. The summed E-state index contributed by atoms with van der Waals surface area (Å²) in [6.45, 7) is 0.968. The molecule has 0 atom stereocenters. The summed E-state index contributed by atoms with van der Waals surface area (Å²) >= 11 is 1.84. The van der Waals surface area contributed by atoms with Crippen molar-refractivity contribution in [3.8, 4) is 11.4 Å². The zero-order chi connectivity index (χ0) is 13.3. The quantitative estimate of drug-likeness (QED) is 0.399. The molecule has 0 saturated carbocycles. The van der Waals surface area contributed by atoms with Crippen molar-refractivity contribution in [2.45, 2.75) is 6.54 Å². The minimum absolute atomic E-state index is 0.968. The van der Waals surface area contributed by atoms with E-state index in [9.17, 15) is 0 Å². The van der Waals surface area contributed by atoms with Gasteiger partial charge >= 0.3 is 0 Å². The van der Waals surface area contributed by atoms with E-state index in [1.54, 1.807) is 0 Å². The second-order valence-electron chi connectivity index (χ2n) is 5.23. The first-order valence-corrected chi connectivity index (χ1v) is 7.50. The van der Waals surface area contributed by atoms with Crippen LogP contribution in [-0.4, -0.2) is 9.55 Å². The third kappa shape index (κ3) is 1.11. The molecule has 3 aromatic heterocycles. The van der Waals surface area contributed by atoms with Crippen LogP contribution >= 0.6 is 11.3 Å². The summed E-state index contributed by atoms with van der Waals surface area (Å²) in [5, 5.41) is 0. The molecule has 0 radical (unpaired) electrons. The number of thiophene rings is 1. The predicted molar refractivity (Wildman–Crippen MR) is 80.8 cm³/mol. The average molecular weight is 278 g/mol. The summed E-state index contributed by atoms with van der Waals surface area (Å²) in [7, 11) is 2.15. The number of hydrogen-bond acceptors (Lipinski definition) is 2. The highest BCUT2D eigenvalue weighted by Gasteiger charge is 2.34. The molecule has 1 aliphatic rings. The highest BCUT2D eigenvalue weighted by Crippen LogP contribution is 2.37. The molecule has 3 nitrogen and oxygen atoms in total. The normalized spacial score (nSPS) is 13.1. The van der Waals surface area contributed by atoms with Crippen molar-refractivity contribution >= 4 is 31.9 Å². The summed E-state index contributed by atoms with van der Waals surface area (Å²) in [5.41, 5.74) is 5.14. The number of rotatable bonds is 0. The Morgan fingerprint density at radius 1 is 1.20 bits per heavy atom. The third-order valence-corrected chi connectivity index (χ3v) is 5.30. The van der Waals surface area contributed by atoms with Crippen LogP contribution in [0.15, 0.2) is 42.6 Å². The van der Waals surface area contributed by atoms with Gasteiger partial charge < -0.3 is 0 Å². The Kier molecular flexibility index (Phi) is 1.83. The lowest BCUT2D eigenvalue weighted by Gasteiger charge is -1.95. The van der Waals surface area contributed by atoms with E-state index >= 15 is 0 Å². The van der Waals surface area contributed by atoms with E-state index in [4.69, 9.17) is 0 Å². The molecule has 5 rings (SSSR count). The van der Waals surface area contributed by atoms with Crippen LogP contribution in [0.3, 0.4) is 0 Å². The number of fused-ring (bicyclic) bond motifs is 7. The molecular weight excluding hydrogens is 266 g/mol. The van der Waals surface area contributed by atoms with Gasteiger partial charge in [0.15, 0.2) is 0 Å². The summed E-state index contributed by atoms with van der Waals surface area (Å²) in [5.74, 6) is 1.30. The number of pyridine rings is 1. The van der Waals surface area contributed by atoms with Crippen LogP contribution in [0.4, 0.5) is 0 Å². The van der Waals surface area contributed by atoms with E-state index in [0.29, 0.717) is 0 Å². The van der Waals surface area contributed by atoms with Crippen molar-refractivity contribution in [1.82, 2.24) is 9.55 Å². The number of aryl methyl sites for hydroxylation is 1. The molecule has 0 saturated heterocycles. The van der Waals surface area contributed by atoms with Crippen molar-refractivity contribution in [3.63, 3.8) is 0 Å². The van der Waals surface area contributed by atoms with E-state index in [1.165, 1.54) is 32.0 Å². The van der Waals surface area contributed by atoms with Crippen LogP contribution in [0.5, 0.6) is 0 Å². The van der Waals surface area contributed by atoms with E-state index in [0.717, 1.165) is 12.1 Å². The van der Waals surface area contributed by atoms with Gasteiger partial charge in [-0.3, -0.25) is 4.98 Å². The summed E-state index contributed by atoms with van der Waals surface area (Å²) in [6.07, 6.45) is 1.88. The SMILES string of the molecule is Cn1c2[n+](c3sc4cccnc4c31)Cc1ccccc1-2. The molecule has 96 valence electrons. The molecule has 0 N–H and O–H groups in total. The first-order valence-electron chi connectivity index (χ1n) is 6.68. The lowest BCUT2D eigenvalue weighted by atomic mass is 10.1. The zero-order valence-electron chi connectivity index (χ0n) is 11.0. The molecule has 0 aliphatic carbocycles. The fraction of sp³-hybridized carbons (Fsp3) is 0.125. The number of imidazole rings is 1. The van der Waals surface area contributed by atoms with Gasteiger partial charge in [-0.25, -0.2) is 9.13 Å². The van der Waals surface area contributed by atoms with Crippen LogP contribution in [0.25, 0.3) is 32.0 Å². The van der Waals surface area contributed by atoms with Gasteiger partial charge in [0, 0.05) is 11.8 Å². The van der Waals surface area contributed by atoms with Crippen molar-refractivity contribution in [1.29, 1.82) is 0 Å². The highest BCUT2D eigenvalue weighted by molar-refractivity contribution is 7.25. The van der Waals surface area contributed by atoms with Crippen LogP contribution in [-0.2, 0) is 13.6 Å². The molecule has 0 fully saturated rings. The van der Waals surface area contributed by atoms with Gasteiger partial charge in [0.2, 0.25) is 10.3 Å². The number of hydrogen-bond donors (Lipinski definition) is 0. The monoisotopic (exact) mass is 278 g/mol. The van der Waals surface area contributed by atoms with Gasteiger partial charge in [0.25, 0.3) is 5.82 Å². The smallest absolute Gasteiger partial charge is 0.251 e. The van der Waals surface area contributed by atoms with Crippen LogP contribution < -0.4 is 4.57 Å². The first-order chi connectivity index (χ1) is 9.84. The maximum atomic E-state index is 4.58. The second-order valence-corrected chi connectivity index (χ2v) is 6.26. The van der Waals surface area contributed by atoms with Gasteiger partial charge in [-0.05, 0) is 18.2 Å². The predicted octanol–water partition coefficient (Wildman–Crippen LogP) is 3.10. The first kappa shape index (κ1) is 10.6. The van der Waals surface area contributed by atoms with Gasteiger partial charge in [-0.2, -0.15) is 0 Å².